The van der Waals surface area contributed by atoms with Crippen LogP contribution in [0.25, 0.3) is 17.2 Å². The maximum absolute atomic E-state index is 4.63. The summed E-state index contributed by atoms with van der Waals surface area (Å²) in [6.45, 7) is 4.22. The van der Waals surface area contributed by atoms with Crippen LogP contribution in [0.2, 0.25) is 0 Å². The molecule has 0 saturated heterocycles. The maximum Gasteiger partial charge on any atom is 0.187 e. The van der Waals surface area contributed by atoms with Crippen molar-refractivity contribution in [3.8, 4) is 17.2 Å². The van der Waals surface area contributed by atoms with Gasteiger partial charge in [0, 0.05) is 11.6 Å². The number of rotatable bonds is 1. The van der Waals surface area contributed by atoms with E-state index in [9.17, 15) is 0 Å². The Hall–Kier alpha value is -2.49. The van der Waals surface area contributed by atoms with E-state index in [1.165, 1.54) is 11.3 Å². The average molecular weight is 290 g/mol. The Morgan fingerprint density at radius 2 is 1.91 bits per heavy atom. The molecular weight excluding hydrogens is 272 g/mol. The first-order chi connectivity index (χ1) is 10.7. The predicted octanol–water partition coefficient (Wildman–Crippen LogP) is 3.69. The summed E-state index contributed by atoms with van der Waals surface area (Å²) in [6.07, 6.45) is 2.16. The molecule has 110 valence electrons. The van der Waals surface area contributed by atoms with Crippen molar-refractivity contribution >= 4 is 0 Å². The largest absolute Gasteiger partial charge is 0.277 e. The Morgan fingerprint density at radius 1 is 1.05 bits per heavy atom. The van der Waals surface area contributed by atoms with Crippen LogP contribution in [0.5, 0.6) is 0 Å². The lowest BCUT2D eigenvalue weighted by atomic mass is 10.0. The second kappa shape index (κ2) is 5.05. The molecular formula is C18H18N4. The van der Waals surface area contributed by atoms with Gasteiger partial charge in [0.05, 0.1) is 5.69 Å². The minimum Gasteiger partial charge on any atom is -0.277 e. The Bertz CT molecular complexity index is 835. The van der Waals surface area contributed by atoms with Crippen LogP contribution in [-0.2, 0) is 6.42 Å². The Balaban J connectivity index is 1.99. The summed E-state index contributed by atoms with van der Waals surface area (Å²) in [7, 11) is 0. The lowest BCUT2D eigenvalue weighted by molar-refractivity contribution is 0.644. The zero-order valence-corrected chi connectivity index (χ0v) is 12.8. The number of aryl methyl sites for hydroxylation is 2. The van der Waals surface area contributed by atoms with Gasteiger partial charge in [0.1, 0.15) is 11.5 Å². The summed E-state index contributed by atoms with van der Waals surface area (Å²) < 4.78 is 2.19. The highest BCUT2D eigenvalue weighted by atomic mass is 15.3. The first-order valence-corrected chi connectivity index (χ1v) is 7.71. The normalized spacial score (nSPS) is 16.7. The summed E-state index contributed by atoms with van der Waals surface area (Å²) in [5.74, 6) is 2.25. The molecule has 1 aliphatic rings. The van der Waals surface area contributed by atoms with E-state index < -0.39 is 0 Å². The molecule has 4 heteroatoms. The number of pyridine rings is 1. The van der Waals surface area contributed by atoms with E-state index in [1.54, 1.807) is 0 Å². The fourth-order valence-electron chi connectivity index (χ4n) is 3.13. The van der Waals surface area contributed by atoms with Gasteiger partial charge in [-0.3, -0.25) is 4.57 Å². The second-order valence-electron chi connectivity index (χ2n) is 5.95. The monoisotopic (exact) mass is 290 g/mol. The standard InChI is InChI=1S/C18H18N4/c1-12-10-11-14-7-3-4-9-16(14)22-17(12)20-21-18(22)15-8-5-6-13(2)19-15/h3-9,12H,10-11H2,1-2H3. The molecule has 0 radical (unpaired) electrons. The Labute approximate surface area is 129 Å². The molecule has 2 aromatic heterocycles. The molecule has 22 heavy (non-hydrogen) atoms. The van der Waals surface area contributed by atoms with E-state index in [0.29, 0.717) is 5.92 Å². The van der Waals surface area contributed by atoms with Gasteiger partial charge in [0.15, 0.2) is 5.82 Å². The van der Waals surface area contributed by atoms with Crippen LogP contribution in [0.4, 0.5) is 0 Å². The lowest BCUT2D eigenvalue weighted by Crippen LogP contribution is -2.05. The van der Waals surface area contributed by atoms with Gasteiger partial charge in [-0.2, -0.15) is 0 Å². The molecule has 3 heterocycles. The molecule has 0 spiro atoms. The molecule has 1 aliphatic heterocycles. The van der Waals surface area contributed by atoms with Crippen molar-refractivity contribution in [2.45, 2.75) is 32.6 Å². The van der Waals surface area contributed by atoms with Crippen LogP contribution in [0.15, 0.2) is 42.5 Å². The molecule has 0 aliphatic carbocycles. The first kappa shape index (κ1) is 13.2. The quantitative estimate of drug-likeness (QED) is 0.686. The third-order valence-corrected chi connectivity index (χ3v) is 4.33. The number of fused-ring (bicyclic) bond motifs is 3. The van der Waals surface area contributed by atoms with Crippen LogP contribution < -0.4 is 0 Å². The highest BCUT2D eigenvalue weighted by Crippen LogP contribution is 2.33. The van der Waals surface area contributed by atoms with Crippen LogP contribution in [-0.4, -0.2) is 19.7 Å². The predicted molar refractivity (Wildman–Crippen MR) is 86.1 cm³/mol. The van der Waals surface area contributed by atoms with Crippen molar-refractivity contribution in [1.29, 1.82) is 0 Å². The molecule has 0 amide bonds. The molecule has 0 bridgehead atoms. The van der Waals surface area contributed by atoms with Gasteiger partial charge >= 0.3 is 0 Å². The van der Waals surface area contributed by atoms with Gasteiger partial charge in [-0.15, -0.1) is 10.2 Å². The fraction of sp³-hybridized carbons (Fsp3) is 0.278. The topological polar surface area (TPSA) is 43.6 Å². The summed E-state index contributed by atoms with van der Waals surface area (Å²) in [5.41, 5.74) is 4.40. The molecule has 3 aromatic rings. The van der Waals surface area contributed by atoms with Gasteiger partial charge in [-0.1, -0.05) is 31.2 Å². The highest BCUT2D eigenvalue weighted by Gasteiger charge is 2.25. The van der Waals surface area contributed by atoms with Crippen molar-refractivity contribution in [2.75, 3.05) is 0 Å². The van der Waals surface area contributed by atoms with Gasteiger partial charge in [-0.25, -0.2) is 4.98 Å². The second-order valence-corrected chi connectivity index (χ2v) is 5.95. The summed E-state index contributed by atoms with van der Waals surface area (Å²) >= 11 is 0. The molecule has 4 nitrogen and oxygen atoms in total. The summed E-state index contributed by atoms with van der Waals surface area (Å²) in [6, 6.07) is 14.5. The van der Waals surface area contributed by atoms with Gasteiger partial charge in [0.25, 0.3) is 0 Å². The molecule has 1 unspecified atom stereocenters. The zero-order chi connectivity index (χ0) is 15.1. The van der Waals surface area contributed by atoms with Crippen LogP contribution in [0.3, 0.4) is 0 Å². The summed E-state index contributed by atoms with van der Waals surface area (Å²) in [4.78, 5) is 4.63. The Kier molecular flexibility index (Phi) is 3.03. The average Bonchev–Trinajstić information content (AvgIpc) is 2.92. The van der Waals surface area contributed by atoms with Gasteiger partial charge < -0.3 is 0 Å². The smallest absolute Gasteiger partial charge is 0.187 e. The number of aromatic nitrogens is 4. The maximum atomic E-state index is 4.63. The van der Waals surface area contributed by atoms with Gasteiger partial charge in [0.2, 0.25) is 0 Å². The van der Waals surface area contributed by atoms with Gasteiger partial charge in [-0.05, 0) is 43.5 Å². The SMILES string of the molecule is Cc1cccc(-c2nnc3n2-c2ccccc2CCC3C)n1. The highest BCUT2D eigenvalue weighted by molar-refractivity contribution is 5.57. The number of para-hydroxylation sites is 1. The molecule has 1 aromatic carbocycles. The van der Waals surface area contributed by atoms with E-state index in [2.05, 4.69) is 50.9 Å². The van der Waals surface area contributed by atoms with Crippen molar-refractivity contribution in [2.24, 2.45) is 0 Å². The number of hydrogen-bond donors (Lipinski definition) is 0. The number of benzene rings is 1. The van der Waals surface area contributed by atoms with E-state index in [1.807, 2.05) is 25.1 Å². The van der Waals surface area contributed by atoms with Crippen molar-refractivity contribution in [3.05, 3.63) is 59.5 Å². The van der Waals surface area contributed by atoms with E-state index in [-0.39, 0.29) is 0 Å². The third-order valence-electron chi connectivity index (χ3n) is 4.33. The molecule has 0 saturated carbocycles. The van der Waals surface area contributed by atoms with Crippen LogP contribution in [0.1, 0.15) is 36.3 Å². The number of hydrogen-bond acceptors (Lipinski definition) is 3. The Morgan fingerprint density at radius 3 is 2.77 bits per heavy atom. The molecule has 0 N–H and O–H groups in total. The van der Waals surface area contributed by atoms with E-state index in [4.69, 9.17) is 0 Å². The minimum atomic E-state index is 0.387. The van der Waals surface area contributed by atoms with Crippen molar-refractivity contribution in [1.82, 2.24) is 19.7 Å². The lowest BCUT2D eigenvalue weighted by Gasteiger charge is -2.12. The summed E-state index contributed by atoms with van der Waals surface area (Å²) in [5, 5.41) is 8.93. The van der Waals surface area contributed by atoms with E-state index >= 15 is 0 Å². The molecule has 0 fully saturated rings. The third kappa shape index (κ3) is 2.03. The molecule has 1 atom stereocenters. The minimum absolute atomic E-state index is 0.387. The van der Waals surface area contributed by atoms with E-state index in [0.717, 1.165) is 35.9 Å². The molecule has 4 rings (SSSR count). The van der Waals surface area contributed by atoms with Crippen LogP contribution >= 0.6 is 0 Å². The van der Waals surface area contributed by atoms with Crippen molar-refractivity contribution in [3.63, 3.8) is 0 Å². The first-order valence-electron chi connectivity index (χ1n) is 7.71. The zero-order valence-electron chi connectivity index (χ0n) is 12.8. The van der Waals surface area contributed by atoms with Crippen molar-refractivity contribution < 1.29 is 0 Å². The number of nitrogens with zero attached hydrogens (tertiary/aromatic N) is 4. The fourth-order valence-corrected chi connectivity index (χ4v) is 3.13. The van der Waals surface area contributed by atoms with Crippen LogP contribution in [0, 0.1) is 6.92 Å².